The second kappa shape index (κ2) is 5.57. The molecule has 0 amide bonds. The molecular formula is C13H12BrNOS2. The summed E-state index contributed by atoms with van der Waals surface area (Å²) in [7, 11) is 0. The van der Waals surface area contributed by atoms with Crippen molar-refractivity contribution in [3.05, 3.63) is 56.2 Å². The van der Waals surface area contributed by atoms with Gasteiger partial charge in [-0.05, 0) is 41.6 Å². The molecule has 1 N–H and O–H groups in total. The number of rotatable bonds is 4. The van der Waals surface area contributed by atoms with Crippen molar-refractivity contribution in [3.8, 4) is 0 Å². The Labute approximate surface area is 124 Å². The lowest BCUT2D eigenvalue weighted by Gasteiger charge is -2.28. The van der Waals surface area contributed by atoms with Gasteiger partial charge in [0.25, 0.3) is 0 Å². The molecule has 2 aromatic rings. The van der Waals surface area contributed by atoms with Gasteiger partial charge in [0.1, 0.15) is 0 Å². The summed E-state index contributed by atoms with van der Waals surface area (Å²) in [6.45, 7) is 2.04. The minimum Gasteiger partial charge on any atom is -0.297 e. The Kier molecular flexibility index (Phi) is 4.27. The number of thiol groups is 1. The van der Waals surface area contributed by atoms with Gasteiger partial charge in [0.05, 0.1) is 10.4 Å². The summed E-state index contributed by atoms with van der Waals surface area (Å²) in [4.78, 5) is 11.5. The Morgan fingerprint density at radius 1 is 1.39 bits per heavy atom. The van der Waals surface area contributed by atoms with Crippen LogP contribution in [0, 0.1) is 0 Å². The number of aldehydes is 1. The Hall–Kier alpha value is -0.620. The normalized spacial score (nSPS) is 14.2. The number of carbonyl (C=O) groups is 1. The fraction of sp³-hybridized carbons (Fsp3) is 0.154. The number of hydrogen-bond acceptors (Lipinski definition) is 4. The van der Waals surface area contributed by atoms with Gasteiger partial charge in [-0.25, -0.2) is 0 Å². The zero-order valence-electron chi connectivity index (χ0n) is 9.68. The molecule has 0 aliphatic carbocycles. The van der Waals surface area contributed by atoms with Gasteiger partial charge < -0.3 is 0 Å². The van der Waals surface area contributed by atoms with E-state index >= 15 is 0 Å². The second-order valence-corrected chi connectivity index (χ2v) is 6.18. The minimum absolute atomic E-state index is 0.426. The van der Waals surface area contributed by atoms with Gasteiger partial charge in [0.2, 0.25) is 0 Å². The van der Waals surface area contributed by atoms with Crippen molar-refractivity contribution >= 4 is 46.4 Å². The standard InChI is InChI=1S/C13H12BrNOS2/c1-13(15-17,9-3-2-4-11(14)5-9)10-6-12(7-16)18-8-10/h2-8,15,17H,1H3/t13-/m0/s1. The monoisotopic (exact) mass is 341 g/mol. The zero-order valence-corrected chi connectivity index (χ0v) is 13.0. The van der Waals surface area contributed by atoms with Crippen LogP contribution in [0.5, 0.6) is 0 Å². The SMILES string of the molecule is C[C@](NS)(c1cccc(Br)c1)c1csc(C=O)c1. The third kappa shape index (κ3) is 2.54. The molecule has 0 unspecified atom stereocenters. The summed E-state index contributed by atoms with van der Waals surface area (Å²) in [5.41, 5.74) is 1.69. The van der Waals surface area contributed by atoms with Crippen molar-refractivity contribution in [2.75, 3.05) is 0 Å². The summed E-state index contributed by atoms with van der Waals surface area (Å²) in [5.74, 6) is 0. The van der Waals surface area contributed by atoms with E-state index in [0.29, 0.717) is 0 Å². The fourth-order valence-corrected chi connectivity index (χ4v) is 3.25. The molecule has 2 rings (SSSR count). The Bertz CT molecular complexity index is 570. The van der Waals surface area contributed by atoms with E-state index in [4.69, 9.17) is 0 Å². The van der Waals surface area contributed by atoms with Gasteiger partial charge in [0, 0.05) is 4.47 Å². The largest absolute Gasteiger partial charge is 0.297 e. The molecule has 0 fully saturated rings. The summed E-state index contributed by atoms with van der Waals surface area (Å²) in [5, 5.41) is 1.98. The predicted molar refractivity (Wildman–Crippen MR) is 82.4 cm³/mol. The highest BCUT2D eigenvalue weighted by atomic mass is 79.9. The van der Waals surface area contributed by atoms with Gasteiger partial charge in [0.15, 0.2) is 6.29 Å². The topological polar surface area (TPSA) is 29.1 Å². The van der Waals surface area contributed by atoms with Crippen LogP contribution in [0.25, 0.3) is 0 Å². The molecule has 0 aliphatic rings. The molecule has 0 spiro atoms. The number of benzene rings is 1. The molecule has 1 atom stereocenters. The fourth-order valence-electron chi connectivity index (χ4n) is 1.77. The minimum atomic E-state index is -0.426. The van der Waals surface area contributed by atoms with Crippen molar-refractivity contribution in [3.63, 3.8) is 0 Å². The van der Waals surface area contributed by atoms with Crippen molar-refractivity contribution in [2.45, 2.75) is 12.5 Å². The van der Waals surface area contributed by atoms with Crippen molar-refractivity contribution in [1.29, 1.82) is 0 Å². The van der Waals surface area contributed by atoms with E-state index in [1.165, 1.54) is 11.3 Å². The van der Waals surface area contributed by atoms with Gasteiger partial charge >= 0.3 is 0 Å². The first-order chi connectivity index (χ1) is 8.60. The first kappa shape index (κ1) is 13.8. The lowest BCUT2D eigenvalue weighted by atomic mass is 9.87. The van der Waals surface area contributed by atoms with Crippen LogP contribution < -0.4 is 4.72 Å². The number of thiophene rings is 1. The van der Waals surface area contributed by atoms with Crippen LogP contribution in [0.3, 0.4) is 0 Å². The molecule has 1 aromatic carbocycles. The molecule has 0 aliphatic heterocycles. The van der Waals surface area contributed by atoms with Crippen LogP contribution in [-0.2, 0) is 5.54 Å². The third-order valence-corrected chi connectivity index (χ3v) is 4.74. The molecule has 18 heavy (non-hydrogen) atoms. The van der Waals surface area contributed by atoms with Crippen LogP contribution in [-0.4, -0.2) is 6.29 Å². The summed E-state index contributed by atoms with van der Waals surface area (Å²) in [6, 6.07) is 9.93. The Morgan fingerprint density at radius 3 is 2.72 bits per heavy atom. The number of halogens is 1. The first-order valence-corrected chi connectivity index (χ1v) is 7.43. The van der Waals surface area contributed by atoms with Gasteiger partial charge in [-0.15, -0.1) is 11.3 Å². The second-order valence-electron chi connectivity index (χ2n) is 4.10. The summed E-state index contributed by atoms with van der Waals surface area (Å²) >= 11 is 9.15. The van der Waals surface area contributed by atoms with E-state index in [2.05, 4.69) is 33.5 Å². The van der Waals surface area contributed by atoms with Gasteiger partial charge in [-0.2, -0.15) is 0 Å². The van der Waals surface area contributed by atoms with E-state index in [1.54, 1.807) is 0 Å². The molecule has 94 valence electrons. The molecular weight excluding hydrogens is 330 g/mol. The van der Waals surface area contributed by atoms with E-state index in [1.807, 2.05) is 42.6 Å². The van der Waals surface area contributed by atoms with Crippen LogP contribution in [0.4, 0.5) is 0 Å². The first-order valence-electron chi connectivity index (χ1n) is 5.31. The Morgan fingerprint density at radius 2 is 2.17 bits per heavy atom. The van der Waals surface area contributed by atoms with Crippen molar-refractivity contribution in [1.82, 2.24) is 4.72 Å². The van der Waals surface area contributed by atoms with Gasteiger partial charge in [-0.3, -0.25) is 9.52 Å². The highest BCUT2D eigenvalue weighted by Gasteiger charge is 2.28. The quantitative estimate of drug-likeness (QED) is 0.649. The van der Waals surface area contributed by atoms with Gasteiger partial charge in [-0.1, -0.05) is 40.9 Å². The lowest BCUT2D eigenvalue weighted by molar-refractivity contribution is 0.112. The van der Waals surface area contributed by atoms with Crippen molar-refractivity contribution < 1.29 is 4.79 Å². The summed E-state index contributed by atoms with van der Waals surface area (Å²) in [6.07, 6.45) is 0.869. The highest BCUT2D eigenvalue weighted by Crippen LogP contribution is 2.33. The molecule has 0 saturated heterocycles. The Balaban J connectivity index is 2.50. The molecule has 2 nitrogen and oxygen atoms in total. The maximum atomic E-state index is 10.8. The molecule has 0 saturated carbocycles. The highest BCUT2D eigenvalue weighted by molar-refractivity contribution is 9.10. The maximum absolute atomic E-state index is 10.8. The maximum Gasteiger partial charge on any atom is 0.160 e. The molecule has 1 aromatic heterocycles. The van der Waals surface area contributed by atoms with Crippen LogP contribution >= 0.6 is 40.1 Å². The molecule has 0 radical (unpaired) electrons. The molecule has 1 heterocycles. The number of hydrogen-bond donors (Lipinski definition) is 2. The van der Waals surface area contributed by atoms with Crippen molar-refractivity contribution in [2.24, 2.45) is 0 Å². The average Bonchev–Trinajstić information content (AvgIpc) is 2.87. The van der Waals surface area contributed by atoms with E-state index < -0.39 is 5.54 Å². The smallest absolute Gasteiger partial charge is 0.160 e. The number of nitrogens with one attached hydrogen (secondary N) is 1. The number of carbonyl (C=O) groups excluding carboxylic acids is 1. The predicted octanol–water partition coefficient (Wildman–Crippen LogP) is 4.02. The van der Waals surface area contributed by atoms with Crippen LogP contribution in [0.15, 0.2) is 40.2 Å². The lowest BCUT2D eigenvalue weighted by Crippen LogP contribution is -2.34. The van der Waals surface area contributed by atoms with Crippen LogP contribution in [0.2, 0.25) is 0 Å². The summed E-state index contributed by atoms with van der Waals surface area (Å²) < 4.78 is 4.05. The zero-order chi connectivity index (χ0) is 13.2. The molecule has 5 heteroatoms. The van der Waals surface area contributed by atoms with E-state index in [9.17, 15) is 4.79 Å². The molecule has 0 bridgehead atoms. The third-order valence-electron chi connectivity index (χ3n) is 2.94. The van der Waals surface area contributed by atoms with Crippen LogP contribution in [0.1, 0.15) is 27.7 Å². The average molecular weight is 342 g/mol. The van der Waals surface area contributed by atoms with E-state index in [0.717, 1.165) is 26.8 Å². The van der Waals surface area contributed by atoms with E-state index in [-0.39, 0.29) is 0 Å².